The van der Waals surface area contributed by atoms with Gasteiger partial charge in [-0.2, -0.15) is 0 Å². The van der Waals surface area contributed by atoms with Crippen molar-refractivity contribution in [2.75, 3.05) is 0 Å². The van der Waals surface area contributed by atoms with E-state index in [-0.39, 0.29) is 0 Å². The normalized spacial score (nSPS) is 14.4. The predicted molar refractivity (Wildman–Crippen MR) is 87.4 cm³/mol. The Labute approximate surface area is 130 Å². The van der Waals surface area contributed by atoms with Gasteiger partial charge in [-0.25, -0.2) is 9.97 Å². The van der Waals surface area contributed by atoms with E-state index in [0.29, 0.717) is 0 Å². The molecule has 2 aromatic rings. The highest BCUT2D eigenvalue weighted by molar-refractivity contribution is 7.98. The summed E-state index contributed by atoms with van der Waals surface area (Å²) in [5, 5.41) is 4.33. The van der Waals surface area contributed by atoms with Crippen molar-refractivity contribution in [2.24, 2.45) is 0 Å². The van der Waals surface area contributed by atoms with Crippen molar-refractivity contribution in [3.05, 3.63) is 52.8 Å². The number of thioether (sulfide) groups is 1. The van der Waals surface area contributed by atoms with Gasteiger partial charge in [-0.3, -0.25) is 0 Å². The van der Waals surface area contributed by atoms with E-state index >= 15 is 0 Å². The number of benzene rings is 1. The van der Waals surface area contributed by atoms with Crippen LogP contribution in [0, 0.1) is 13.8 Å². The van der Waals surface area contributed by atoms with E-state index in [2.05, 4.69) is 47.3 Å². The number of nitrogens with zero attached hydrogens (tertiary/aromatic N) is 2. The molecule has 0 bridgehead atoms. The van der Waals surface area contributed by atoms with E-state index in [1.54, 1.807) is 11.8 Å². The van der Waals surface area contributed by atoms with Crippen LogP contribution in [-0.4, -0.2) is 16.0 Å². The largest absolute Gasteiger partial charge is 0.310 e. The minimum Gasteiger partial charge on any atom is -0.310 e. The molecule has 3 rings (SSSR count). The molecule has 1 aromatic carbocycles. The lowest BCUT2D eigenvalue weighted by molar-refractivity contribution is 0.680. The lowest BCUT2D eigenvalue weighted by Gasteiger charge is -2.05. The number of rotatable bonds is 6. The van der Waals surface area contributed by atoms with Gasteiger partial charge < -0.3 is 5.32 Å². The Balaban J connectivity index is 1.54. The molecule has 21 heavy (non-hydrogen) atoms. The molecule has 1 N–H and O–H groups in total. The summed E-state index contributed by atoms with van der Waals surface area (Å²) in [5.41, 5.74) is 5.12. The SMILES string of the molecule is Cc1cc(C)cc(CSc2ncc(CNC3CC3)cn2)c1. The quantitative estimate of drug-likeness (QED) is 0.653. The Hall–Kier alpha value is -1.39. The summed E-state index contributed by atoms with van der Waals surface area (Å²) in [4.78, 5) is 8.90. The first-order valence-corrected chi connectivity index (χ1v) is 8.42. The third-order valence-electron chi connectivity index (χ3n) is 3.50. The van der Waals surface area contributed by atoms with Crippen LogP contribution < -0.4 is 5.32 Å². The maximum absolute atomic E-state index is 4.45. The second-order valence-corrected chi connectivity index (χ2v) is 6.76. The van der Waals surface area contributed by atoms with Gasteiger partial charge in [0.15, 0.2) is 5.16 Å². The zero-order valence-corrected chi connectivity index (χ0v) is 13.4. The molecule has 0 amide bonds. The molecule has 110 valence electrons. The van der Waals surface area contributed by atoms with Crippen LogP contribution >= 0.6 is 11.8 Å². The van der Waals surface area contributed by atoms with E-state index in [0.717, 1.165) is 29.1 Å². The Morgan fingerprint density at radius 2 is 1.71 bits per heavy atom. The van der Waals surface area contributed by atoms with Crippen molar-refractivity contribution < 1.29 is 0 Å². The molecule has 1 aliphatic carbocycles. The first-order valence-electron chi connectivity index (χ1n) is 7.43. The van der Waals surface area contributed by atoms with Crippen LogP contribution in [0.2, 0.25) is 0 Å². The Bertz CT molecular complexity index is 586. The Morgan fingerprint density at radius 1 is 1.05 bits per heavy atom. The number of aromatic nitrogens is 2. The van der Waals surface area contributed by atoms with Crippen LogP contribution in [0.3, 0.4) is 0 Å². The maximum atomic E-state index is 4.45. The van der Waals surface area contributed by atoms with E-state index in [9.17, 15) is 0 Å². The molecule has 1 heterocycles. The third kappa shape index (κ3) is 4.55. The summed E-state index contributed by atoms with van der Waals surface area (Å²) in [7, 11) is 0. The number of hydrogen-bond donors (Lipinski definition) is 1. The van der Waals surface area contributed by atoms with Gasteiger partial charge in [-0.15, -0.1) is 0 Å². The van der Waals surface area contributed by atoms with Gasteiger partial charge in [-0.1, -0.05) is 41.1 Å². The predicted octanol–water partition coefficient (Wildman–Crippen LogP) is 3.64. The van der Waals surface area contributed by atoms with Gasteiger partial charge in [0.2, 0.25) is 0 Å². The summed E-state index contributed by atoms with van der Waals surface area (Å²) in [6.45, 7) is 5.16. The fourth-order valence-electron chi connectivity index (χ4n) is 2.36. The first-order chi connectivity index (χ1) is 10.2. The first kappa shape index (κ1) is 14.5. The van der Waals surface area contributed by atoms with Gasteiger partial charge in [0, 0.05) is 36.3 Å². The van der Waals surface area contributed by atoms with E-state index in [1.165, 1.54) is 29.5 Å². The monoisotopic (exact) mass is 299 g/mol. The van der Waals surface area contributed by atoms with Crippen LogP contribution in [0.5, 0.6) is 0 Å². The highest BCUT2D eigenvalue weighted by atomic mass is 32.2. The number of hydrogen-bond acceptors (Lipinski definition) is 4. The molecule has 4 heteroatoms. The van der Waals surface area contributed by atoms with Crippen molar-refractivity contribution in [1.82, 2.24) is 15.3 Å². The molecule has 1 aliphatic rings. The fraction of sp³-hybridized carbons (Fsp3) is 0.412. The maximum Gasteiger partial charge on any atom is 0.187 e. The van der Waals surface area contributed by atoms with Crippen molar-refractivity contribution in [3.63, 3.8) is 0 Å². The topological polar surface area (TPSA) is 37.8 Å². The smallest absolute Gasteiger partial charge is 0.187 e. The van der Waals surface area contributed by atoms with Gasteiger partial charge in [0.25, 0.3) is 0 Å². The second kappa shape index (κ2) is 6.58. The molecule has 0 atom stereocenters. The zero-order valence-electron chi connectivity index (χ0n) is 12.6. The number of nitrogens with one attached hydrogen (secondary N) is 1. The molecule has 3 nitrogen and oxygen atoms in total. The zero-order chi connectivity index (χ0) is 14.7. The summed E-state index contributed by atoms with van der Waals surface area (Å²) in [5.74, 6) is 0.919. The second-order valence-electron chi connectivity index (χ2n) is 5.81. The van der Waals surface area contributed by atoms with Crippen LogP contribution in [0.1, 0.15) is 35.1 Å². The molecular formula is C17H21N3S. The van der Waals surface area contributed by atoms with Crippen LogP contribution in [0.25, 0.3) is 0 Å². The molecule has 0 spiro atoms. The molecule has 0 radical (unpaired) electrons. The summed E-state index contributed by atoms with van der Waals surface area (Å²) >= 11 is 1.69. The highest BCUT2D eigenvalue weighted by Crippen LogP contribution is 2.21. The van der Waals surface area contributed by atoms with Crippen molar-refractivity contribution in [2.45, 2.75) is 50.2 Å². The standard InChI is InChI=1S/C17H21N3S/c1-12-5-13(2)7-14(6-12)11-21-17-19-9-15(10-20-17)8-18-16-3-4-16/h5-7,9-10,16,18H,3-4,8,11H2,1-2H3. The molecule has 0 unspecified atom stereocenters. The molecule has 0 saturated heterocycles. The fourth-order valence-corrected chi connectivity index (χ4v) is 3.08. The van der Waals surface area contributed by atoms with Gasteiger partial charge in [0.05, 0.1) is 0 Å². The van der Waals surface area contributed by atoms with Crippen LogP contribution in [-0.2, 0) is 12.3 Å². The van der Waals surface area contributed by atoms with Gasteiger partial charge >= 0.3 is 0 Å². The molecular weight excluding hydrogens is 278 g/mol. The minimum atomic E-state index is 0.726. The van der Waals surface area contributed by atoms with Crippen LogP contribution in [0.15, 0.2) is 35.7 Å². The highest BCUT2D eigenvalue weighted by Gasteiger charge is 2.19. The van der Waals surface area contributed by atoms with E-state index in [4.69, 9.17) is 0 Å². The van der Waals surface area contributed by atoms with E-state index in [1.807, 2.05) is 12.4 Å². The Kier molecular flexibility index (Phi) is 4.56. The molecule has 1 fully saturated rings. The summed E-state index contributed by atoms with van der Waals surface area (Å²) < 4.78 is 0. The molecule has 0 aliphatic heterocycles. The van der Waals surface area contributed by atoms with Crippen LogP contribution in [0.4, 0.5) is 0 Å². The molecule has 1 aromatic heterocycles. The van der Waals surface area contributed by atoms with Crippen molar-refractivity contribution >= 4 is 11.8 Å². The van der Waals surface area contributed by atoms with Gasteiger partial charge in [0.1, 0.15) is 0 Å². The van der Waals surface area contributed by atoms with Crippen molar-refractivity contribution in [1.29, 1.82) is 0 Å². The Morgan fingerprint density at radius 3 is 2.33 bits per heavy atom. The van der Waals surface area contributed by atoms with Crippen molar-refractivity contribution in [3.8, 4) is 0 Å². The lowest BCUT2D eigenvalue weighted by Crippen LogP contribution is -2.15. The summed E-state index contributed by atoms with van der Waals surface area (Å²) in [6.07, 6.45) is 6.49. The van der Waals surface area contributed by atoms with E-state index < -0.39 is 0 Å². The molecule has 1 saturated carbocycles. The average molecular weight is 299 g/mol. The average Bonchev–Trinajstić information content (AvgIpc) is 3.27. The van der Waals surface area contributed by atoms with Gasteiger partial charge in [-0.05, 0) is 32.3 Å². The lowest BCUT2D eigenvalue weighted by atomic mass is 10.1. The minimum absolute atomic E-state index is 0.726. The number of aryl methyl sites for hydroxylation is 2. The summed E-state index contributed by atoms with van der Waals surface area (Å²) in [6, 6.07) is 7.39. The third-order valence-corrected chi connectivity index (χ3v) is 4.45.